The second-order valence-corrected chi connectivity index (χ2v) is 8.88. The van der Waals surface area contributed by atoms with Gasteiger partial charge in [0.05, 0.1) is 29.4 Å². The summed E-state index contributed by atoms with van der Waals surface area (Å²) in [6.07, 6.45) is 5.38. The molecule has 1 atom stereocenters. The molecule has 0 saturated carbocycles. The third-order valence-electron chi connectivity index (χ3n) is 7.09. The van der Waals surface area contributed by atoms with Crippen molar-refractivity contribution >= 4 is 33.3 Å². The summed E-state index contributed by atoms with van der Waals surface area (Å²) in [5, 5.41) is 12.5. The first kappa shape index (κ1) is 20.3. The standard InChI is InChI=1S/C28H23N5O/c1-32-22-8-3-2-7-19(22)20-14-17(11-12-23(20)32)26-21(15-29)28(30)33(18-6-5-13-31-16-18)24-9-4-10-25(34)27(24)26/h2-3,5-8,11-14,16,26H,4,9-10,30H2,1H3. The molecule has 0 amide bonds. The summed E-state index contributed by atoms with van der Waals surface area (Å²) in [7, 11) is 2.06. The number of aryl methyl sites for hydroxylation is 1. The van der Waals surface area contributed by atoms with Gasteiger partial charge >= 0.3 is 0 Å². The summed E-state index contributed by atoms with van der Waals surface area (Å²) >= 11 is 0. The Hall–Kier alpha value is -4.37. The number of aromatic nitrogens is 2. The van der Waals surface area contributed by atoms with Crippen LogP contribution >= 0.6 is 0 Å². The molecule has 1 unspecified atom stereocenters. The van der Waals surface area contributed by atoms with E-state index in [2.05, 4.69) is 46.9 Å². The molecule has 166 valence electrons. The van der Waals surface area contributed by atoms with Crippen LogP contribution in [-0.4, -0.2) is 15.3 Å². The molecule has 3 heterocycles. The highest BCUT2D eigenvalue weighted by molar-refractivity contribution is 6.08. The molecule has 0 radical (unpaired) electrons. The topological polar surface area (TPSA) is 87.9 Å². The lowest BCUT2D eigenvalue weighted by Gasteiger charge is -2.39. The fraction of sp³-hybridized carbons (Fsp3) is 0.179. The number of ketones is 1. The van der Waals surface area contributed by atoms with Crippen molar-refractivity contribution in [1.82, 2.24) is 9.55 Å². The molecule has 2 aliphatic rings. The third-order valence-corrected chi connectivity index (χ3v) is 7.09. The molecule has 6 heteroatoms. The number of para-hydroxylation sites is 1. The quantitative estimate of drug-likeness (QED) is 0.467. The minimum atomic E-state index is -0.482. The van der Waals surface area contributed by atoms with Crippen molar-refractivity contribution in [2.24, 2.45) is 12.8 Å². The Kier molecular flexibility index (Phi) is 4.53. The van der Waals surface area contributed by atoms with Crippen LogP contribution in [0.2, 0.25) is 0 Å². The summed E-state index contributed by atoms with van der Waals surface area (Å²) in [6, 6.07) is 20.6. The molecule has 6 nitrogen and oxygen atoms in total. The maximum atomic E-state index is 13.4. The molecular weight excluding hydrogens is 422 g/mol. The molecule has 2 aromatic carbocycles. The van der Waals surface area contributed by atoms with E-state index in [1.165, 1.54) is 0 Å². The minimum absolute atomic E-state index is 0.0819. The second-order valence-electron chi connectivity index (χ2n) is 8.88. The molecule has 0 spiro atoms. The second kappa shape index (κ2) is 7.60. The fourth-order valence-electron chi connectivity index (χ4n) is 5.57. The molecule has 0 saturated heterocycles. The fourth-order valence-corrected chi connectivity index (χ4v) is 5.57. The van der Waals surface area contributed by atoms with Crippen LogP contribution in [0.1, 0.15) is 30.7 Å². The van der Waals surface area contributed by atoms with E-state index in [0.29, 0.717) is 23.4 Å². The van der Waals surface area contributed by atoms with Crippen LogP contribution in [-0.2, 0) is 11.8 Å². The summed E-state index contributed by atoms with van der Waals surface area (Å²) in [4.78, 5) is 19.4. The monoisotopic (exact) mass is 445 g/mol. The van der Waals surface area contributed by atoms with Gasteiger partial charge in [0, 0.05) is 52.7 Å². The van der Waals surface area contributed by atoms with E-state index < -0.39 is 5.92 Å². The largest absolute Gasteiger partial charge is 0.384 e. The van der Waals surface area contributed by atoms with Gasteiger partial charge in [-0.15, -0.1) is 0 Å². The van der Waals surface area contributed by atoms with Crippen molar-refractivity contribution in [3.05, 3.63) is 95.2 Å². The van der Waals surface area contributed by atoms with Gasteiger partial charge in [0.25, 0.3) is 0 Å². The lowest BCUT2D eigenvalue weighted by atomic mass is 9.75. The van der Waals surface area contributed by atoms with E-state index in [1.54, 1.807) is 12.4 Å². The van der Waals surface area contributed by atoms with Crippen LogP contribution in [0.5, 0.6) is 0 Å². The Balaban J connectivity index is 1.61. The number of allylic oxidation sites excluding steroid dienone is 3. The predicted octanol–water partition coefficient (Wildman–Crippen LogP) is 5.03. The average molecular weight is 446 g/mol. The van der Waals surface area contributed by atoms with Gasteiger partial charge in [-0.05, 0) is 48.7 Å². The first-order chi connectivity index (χ1) is 16.6. The Morgan fingerprint density at radius 3 is 2.68 bits per heavy atom. The zero-order chi connectivity index (χ0) is 23.4. The summed E-state index contributed by atoms with van der Waals surface area (Å²) < 4.78 is 2.17. The molecule has 2 N–H and O–H groups in total. The number of Topliss-reactive ketones (excluding diaryl/α,β-unsaturated/α-hetero) is 1. The smallest absolute Gasteiger partial charge is 0.161 e. The van der Waals surface area contributed by atoms with Gasteiger partial charge in [-0.2, -0.15) is 5.26 Å². The Bertz CT molecular complexity index is 1590. The molecule has 1 aliphatic heterocycles. The molecule has 34 heavy (non-hydrogen) atoms. The van der Waals surface area contributed by atoms with E-state index in [0.717, 1.165) is 51.6 Å². The summed E-state index contributed by atoms with van der Waals surface area (Å²) in [6.45, 7) is 0. The molecule has 1 aliphatic carbocycles. The van der Waals surface area contributed by atoms with Crippen LogP contribution in [0.25, 0.3) is 21.8 Å². The number of rotatable bonds is 2. The molecular formula is C28H23N5O. The first-order valence-electron chi connectivity index (χ1n) is 11.4. The van der Waals surface area contributed by atoms with E-state index in [1.807, 2.05) is 35.2 Å². The minimum Gasteiger partial charge on any atom is -0.384 e. The number of anilines is 1. The number of nitrogens with zero attached hydrogens (tertiary/aromatic N) is 4. The van der Waals surface area contributed by atoms with Gasteiger partial charge in [-0.25, -0.2) is 0 Å². The Morgan fingerprint density at radius 1 is 1.06 bits per heavy atom. The first-order valence-corrected chi connectivity index (χ1v) is 11.4. The molecule has 2 aromatic heterocycles. The van der Waals surface area contributed by atoms with Gasteiger partial charge in [0.2, 0.25) is 0 Å². The van der Waals surface area contributed by atoms with E-state index >= 15 is 0 Å². The number of fused-ring (bicyclic) bond motifs is 3. The van der Waals surface area contributed by atoms with Crippen molar-refractivity contribution in [2.75, 3.05) is 4.90 Å². The number of benzene rings is 2. The molecule has 0 fully saturated rings. The normalized spacial score (nSPS) is 18.5. The van der Waals surface area contributed by atoms with Crippen LogP contribution in [0.4, 0.5) is 5.69 Å². The number of pyridine rings is 1. The highest BCUT2D eigenvalue weighted by Gasteiger charge is 2.40. The Morgan fingerprint density at radius 2 is 1.88 bits per heavy atom. The zero-order valence-corrected chi connectivity index (χ0v) is 18.8. The maximum absolute atomic E-state index is 13.4. The van der Waals surface area contributed by atoms with Crippen molar-refractivity contribution in [2.45, 2.75) is 25.2 Å². The highest BCUT2D eigenvalue weighted by Crippen LogP contribution is 2.46. The van der Waals surface area contributed by atoms with E-state index in [4.69, 9.17) is 5.73 Å². The number of hydrogen-bond donors (Lipinski definition) is 1. The van der Waals surface area contributed by atoms with Crippen molar-refractivity contribution in [3.63, 3.8) is 0 Å². The van der Waals surface area contributed by atoms with Gasteiger partial charge in [-0.1, -0.05) is 24.3 Å². The number of hydrogen-bond acceptors (Lipinski definition) is 5. The lowest BCUT2D eigenvalue weighted by molar-refractivity contribution is -0.116. The molecule has 6 rings (SSSR count). The van der Waals surface area contributed by atoms with Crippen molar-refractivity contribution < 1.29 is 4.79 Å². The van der Waals surface area contributed by atoms with E-state index in [-0.39, 0.29) is 5.78 Å². The van der Waals surface area contributed by atoms with Crippen LogP contribution < -0.4 is 10.6 Å². The van der Waals surface area contributed by atoms with Crippen molar-refractivity contribution in [3.8, 4) is 6.07 Å². The Labute approximate surface area is 197 Å². The maximum Gasteiger partial charge on any atom is 0.161 e. The highest BCUT2D eigenvalue weighted by atomic mass is 16.1. The van der Waals surface area contributed by atoms with E-state index in [9.17, 15) is 10.1 Å². The third kappa shape index (κ3) is 2.80. The summed E-state index contributed by atoms with van der Waals surface area (Å²) in [5.41, 5.74) is 12.5. The predicted molar refractivity (Wildman–Crippen MR) is 133 cm³/mol. The molecule has 4 aromatic rings. The summed E-state index contributed by atoms with van der Waals surface area (Å²) in [5.74, 6) is -0.0329. The van der Waals surface area contributed by atoms with Gasteiger partial charge < -0.3 is 10.3 Å². The van der Waals surface area contributed by atoms with Crippen LogP contribution in [0.15, 0.2) is 89.7 Å². The van der Waals surface area contributed by atoms with Crippen LogP contribution in [0.3, 0.4) is 0 Å². The number of nitriles is 1. The van der Waals surface area contributed by atoms with Gasteiger partial charge in [-0.3, -0.25) is 14.7 Å². The lowest BCUT2D eigenvalue weighted by Crippen LogP contribution is -2.38. The number of nitrogens with two attached hydrogens (primary N) is 1. The number of carbonyl (C=O) groups excluding carboxylic acids is 1. The zero-order valence-electron chi connectivity index (χ0n) is 18.8. The SMILES string of the molecule is Cn1c2ccccc2c2cc(C3C(C#N)=C(N)N(c4cccnc4)C4=C3C(=O)CCC4)ccc21. The van der Waals surface area contributed by atoms with Crippen LogP contribution in [0, 0.1) is 11.3 Å². The number of carbonyl (C=O) groups is 1. The van der Waals surface area contributed by atoms with Gasteiger partial charge in [0.15, 0.2) is 5.78 Å². The van der Waals surface area contributed by atoms with Gasteiger partial charge in [0.1, 0.15) is 5.82 Å². The average Bonchev–Trinajstić information content (AvgIpc) is 3.15. The molecule has 0 bridgehead atoms. The van der Waals surface area contributed by atoms with Crippen molar-refractivity contribution in [1.29, 1.82) is 5.26 Å².